The van der Waals surface area contributed by atoms with Crippen molar-refractivity contribution in [3.05, 3.63) is 52.8 Å². The summed E-state index contributed by atoms with van der Waals surface area (Å²) in [5.74, 6) is -0.328. The summed E-state index contributed by atoms with van der Waals surface area (Å²) in [5, 5.41) is 6.81. The lowest BCUT2D eigenvalue weighted by atomic mass is 10.1. The number of nitrogens with one attached hydrogen (secondary N) is 1. The van der Waals surface area contributed by atoms with Crippen molar-refractivity contribution in [1.29, 1.82) is 0 Å². The van der Waals surface area contributed by atoms with Gasteiger partial charge >= 0.3 is 0 Å². The van der Waals surface area contributed by atoms with E-state index < -0.39 is 6.43 Å². The van der Waals surface area contributed by atoms with Crippen molar-refractivity contribution in [3.63, 3.8) is 0 Å². The van der Waals surface area contributed by atoms with Crippen LogP contribution in [0.25, 0.3) is 0 Å². The zero-order valence-corrected chi connectivity index (χ0v) is 14.9. The van der Waals surface area contributed by atoms with Crippen molar-refractivity contribution < 1.29 is 13.6 Å². The first kappa shape index (κ1) is 18.5. The summed E-state index contributed by atoms with van der Waals surface area (Å²) in [5.41, 5.74) is 2.49. The van der Waals surface area contributed by atoms with Crippen molar-refractivity contribution >= 4 is 5.91 Å². The number of benzene rings is 1. The molecule has 1 aliphatic rings. The Bertz CT molecular complexity index is 754. The standard InChI is InChI=1S/C19H24F2N4O/c1-14-10-17(19(20)21)25(23-14)13-18(26)22-11-15-6-2-3-7-16(15)12-24-8-4-5-9-24/h2-3,6-7,10,19H,4-5,8-9,11-13H2,1H3,(H,22,26). The van der Waals surface area contributed by atoms with Crippen LogP contribution in [-0.2, 0) is 24.4 Å². The molecule has 1 aromatic heterocycles. The molecule has 0 aliphatic carbocycles. The normalized spacial score (nSPS) is 14.9. The van der Waals surface area contributed by atoms with Gasteiger partial charge in [0, 0.05) is 13.1 Å². The van der Waals surface area contributed by atoms with E-state index in [-0.39, 0.29) is 18.1 Å². The highest BCUT2D eigenvalue weighted by Crippen LogP contribution is 2.19. The van der Waals surface area contributed by atoms with Gasteiger partial charge in [0.25, 0.3) is 6.43 Å². The number of hydrogen-bond acceptors (Lipinski definition) is 3. The molecule has 5 nitrogen and oxygen atoms in total. The Balaban J connectivity index is 1.59. The molecule has 2 heterocycles. The molecule has 1 aromatic carbocycles. The largest absolute Gasteiger partial charge is 0.350 e. The summed E-state index contributed by atoms with van der Waals surface area (Å²) >= 11 is 0. The maximum atomic E-state index is 13.0. The Labute approximate surface area is 152 Å². The van der Waals surface area contributed by atoms with E-state index in [1.807, 2.05) is 18.2 Å². The second-order valence-corrected chi connectivity index (χ2v) is 6.70. The highest BCUT2D eigenvalue weighted by Gasteiger charge is 2.18. The lowest BCUT2D eigenvalue weighted by molar-refractivity contribution is -0.122. The molecule has 0 saturated carbocycles. The number of carbonyl (C=O) groups excluding carboxylic acids is 1. The van der Waals surface area contributed by atoms with Crippen LogP contribution in [0, 0.1) is 6.92 Å². The molecule has 2 aromatic rings. The van der Waals surface area contributed by atoms with Gasteiger partial charge in [-0.15, -0.1) is 0 Å². The molecular weight excluding hydrogens is 338 g/mol. The average molecular weight is 362 g/mol. The molecule has 1 fully saturated rings. The second kappa shape index (κ2) is 8.40. The molecule has 0 unspecified atom stereocenters. The monoisotopic (exact) mass is 362 g/mol. The van der Waals surface area contributed by atoms with Crippen LogP contribution in [-0.4, -0.2) is 33.7 Å². The lowest BCUT2D eigenvalue weighted by Gasteiger charge is -2.17. The van der Waals surface area contributed by atoms with Gasteiger partial charge in [-0.2, -0.15) is 5.10 Å². The summed E-state index contributed by atoms with van der Waals surface area (Å²) < 4.78 is 27.1. The highest BCUT2D eigenvalue weighted by atomic mass is 19.3. The summed E-state index contributed by atoms with van der Waals surface area (Å²) in [6.07, 6.45) is -0.186. The highest BCUT2D eigenvalue weighted by molar-refractivity contribution is 5.75. The van der Waals surface area contributed by atoms with Crippen LogP contribution in [0.3, 0.4) is 0 Å². The fraction of sp³-hybridized carbons (Fsp3) is 0.474. The molecule has 1 aliphatic heterocycles. The minimum atomic E-state index is -2.65. The first-order valence-corrected chi connectivity index (χ1v) is 8.91. The third-order valence-corrected chi connectivity index (χ3v) is 4.64. The zero-order chi connectivity index (χ0) is 18.5. The number of amides is 1. The fourth-order valence-electron chi connectivity index (χ4n) is 3.32. The van der Waals surface area contributed by atoms with Crippen molar-refractivity contribution in [2.45, 2.75) is 45.8 Å². The molecule has 0 bridgehead atoms. The quantitative estimate of drug-likeness (QED) is 0.824. The van der Waals surface area contributed by atoms with Gasteiger partial charge in [-0.25, -0.2) is 8.78 Å². The van der Waals surface area contributed by atoms with Crippen LogP contribution >= 0.6 is 0 Å². The molecule has 3 rings (SSSR count). The third kappa shape index (κ3) is 4.66. The second-order valence-electron chi connectivity index (χ2n) is 6.70. The Kier molecular flexibility index (Phi) is 5.98. The van der Waals surface area contributed by atoms with Crippen LogP contribution in [0.15, 0.2) is 30.3 Å². The van der Waals surface area contributed by atoms with E-state index in [9.17, 15) is 13.6 Å². The van der Waals surface area contributed by atoms with E-state index >= 15 is 0 Å². The molecule has 1 saturated heterocycles. The van der Waals surface area contributed by atoms with E-state index in [1.54, 1.807) is 6.92 Å². The van der Waals surface area contributed by atoms with Crippen molar-refractivity contribution in [1.82, 2.24) is 20.0 Å². The molecule has 0 radical (unpaired) electrons. The molecule has 140 valence electrons. The molecule has 26 heavy (non-hydrogen) atoms. The minimum Gasteiger partial charge on any atom is -0.350 e. The van der Waals surface area contributed by atoms with Gasteiger partial charge in [0.05, 0.1) is 5.69 Å². The molecule has 0 spiro atoms. The lowest BCUT2D eigenvalue weighted by Crippen LogP contribution is -2.29. The number of aryl methyl sites for hydroxylation is 1. The zero-order valence-electron chi connectivity index (χ0n) is 14.9. The van der Waals surface area contributed by atoms with Crippen molar-refractivity contribution in [2.24, 2.45) is 0 Å². The number of nitrogens with zero attached hydrogens (tertiary/aromatic N) is 3. The van der Waals surface area contributed by atoms with Gasteiger partial charge in [-0.1, -0.05) is 24.3 Å². The van der Waals surface area contributed by atoms with Gasteiger partial charge < -0.3 is 5.32 Å². The first-order valence-electron chi connectivity index (χ1n) is 8.91. The first-order chi connectivity index (χ1) is 12.5. The van der Waals surface area contributed by atoms with Crippen LogP contribution < -0.4 is 5.32 Å². The number of aromatic nitrogens is 2. The molecule has 1 N–H and O–H groups in total. The predicted molar refractivity (Wildman–Crippen MR) is 94.7 cm³/mol. The number of likely N-dealkylation sites (tertiary alicyclic amines) is 1. The molecule has 1 amide bonds. The summed E-state index contributed by atoms with van der Waals surface area (Å²) in [6, 6.07) is 9.32. The smallest absolute Gasteiger partial charge is 0.280 e. The predicted octanol–water partition coefficient (Wildman–Crippen LogP) is 3.04. The van der Waals surface area contributed by atoms with Crippen LogP contribution in [0.4, 0.5) is 8.78 Å². The van der Waals surface area contributed by atoms with E-state index in [1.165, 1.54) is 24.5 Å². The number of rotatable bonds is 7. The van der Waals surface area contributed by atoms with Gasteiger partial charge in [-0.3, -0.25) is 14.4 Å². The number of halogens is 2. The summed E-state index contributed by atoms with van der Waals surface area (Å²) in [6.45, 7) is 4.90. The van der Waals surface area contributed by atoms with E-state index in [0.717, 1.165) is 29.9 Å². The fourth-order valence-corrected chi connectivity index (χ4v) is 3.32. The Hall–Kier alpha value is -2.28. The average Bonchev–Trinajstić information content (AvgIpc) is 3.23. The molecule has 7 heteroatoms. The number of carbonyl (C=O) groups is 1. The number of hydrogen-bond donors (Lipinski definition) is 1. The Morgan fingerprint density at radius 1 is 1.23 bits per heavy atom. The van der Waals surface area contributed by atoms with Gasteiger partial charge in [0.15, 0.2) is 0 Å². The maximum Gasteiger partial charge on any atom is 0.280 e. The van der Waals surface area contributed by atoms with E-state index in [2.05, 4.69) is 21.4 Å². The Morgan fingerprint density at radius 3 is 2.62 bits per heavy atom. The third-order valence-electron chi connectivity index (χ3n) is 4.64. The maximum absolute atomic E-state index is 13.0. The summed E-state index contributed by atoms with van der Waals surface area (Å²) in [4.78, 5) is 14.6. The van der Waals surface area contributed by atoms with Crippen molar-refractivity contribution in [3.8, 4) is 0 Å². The number of alkyl halides is 2. The van der Waals surface area contributed by atoms with Gasteiger partial charge in [0.1, 0.15) is 12.2 Å². The van der Waals surface area contributed by atoms with Crippen LogP contribution in [0.5, 0.6) is 0 Å². The van der Waals surface area contributed by atoms with Crippen LogP contribution in [0.2, 0.25) is 0 Å². The minimum absolute atomic E-state index is 0.207. The topological polar surface area (TPSA) is 50.2 Å². The van der Waals surface area contributed by atoms with Gasteiger partial charge in [0.2, 0.25) is 5.91 Å². The Morgan fingerprint density at radius 2 is 1.92 bits per heavy atom. The van der Waals surface area contributed by atoms with E-state index in [4.69, 9.17) is 0 Å². The van der Waals surface area contributed by atoms with Gasteiger partial charge in [-0.05, 0) is 50.0 Å². The van der Waals surface area contributed by atoms with Crippen molar-refractivity contribution in [2.75, 3.05) is 13.1 Å². The van der Waals surface area contributed by atoms with E-state index in [0.29, 0.717) is 12.2 Å². The summed E-state index contributed by atoms with van der Waals surface area (Å²) in [7, 11) is 0. The van der Waals surface area contributed by atoms with Crippen LogP contribution in [0.1, 0.15) is 41.8 Å². The molecular formula is C19H24F2N4O. The SMILES string of the molecule is Cc1cc(C(F)F)n(CC(=O)NCc2ccccc2CN2CCCC2)n1. The molecule has 0 atom stereocenters.